The number of likely N-dealkylation sites (tertiary alicyclic amines) is 1. The molecular weight excluding hydrogens is 502 g/mol. The fraction of sp³-hybridized carbons (Fsp3) is 0.619. The molecule has 2 saturated heterocycles. The van der Waals surface area contributed by atoms with Crippen LogP contribution in [0.3, 0.4) is 0 Å². The third kappa shape index (κ3) is 6.44. The number of carbonyl (C=O) groups excluding carboxylic acids is 1. The molecule has 0 amide bonds. The Morgan fingerprint density at radius 3 is 2.77 bits per heavy atom. The van der Waals surface area contributed by atoms with Crippen LogP contribution in [0.5, 0.6) is 0 Å². The first-order chi connectivity index (χ1) is 14.1. The molecule has 7 nitrogen and oxygen atoms in total. The third-order valence-electron chi connectivity index (χ3n) is 5.37. The number of anilines is 1. The number of carbonyl (C=O) groups is 1. The quantitative estimate of drug-likeness (QED) is 0.271. The van der Waals surface area contributed by atoms with Gasteiger partial charge in [-0.3, -0.25) is 9.79 Å². The Kier molecular flexibility index (Phi) is 10.1. The number of rotatable bonds is 5. The van der Waals surface area contributed by atoms with E-state index in [1.54, 1.807) is 13.1 Å². The molecule has 9 heteroatoms. The molecule has 3 rings (SSSR count). The van der Waals surface area contributed by atoms with Crippen LogP contribution in [0.4, 0.5) is 10.1 Å². The smallest absolute Gasteiger partial charge is 0.310 e. The molecule has 0 radical (unpaired) electrons. The fourth-order valence-electron chi connectivity index (χ4n) is 3.86. The zero-order valence-corrected chi connectivity index (χ0v) is 20.1. The predicted molar refractivity (Wildman–Crippen MR) is 126 cm³/mol. The molecule has 0 saturated carbocycles. The second-order valence-electron chi connectivity index (χ2n) is 7.32. The SMILES string of the molecule is CCOC(=O)C1CCCN(C(=NC)NCc2ccc(N3CCOCC3)c(F)c2)C1.I. The minimum atomic E-state index is -0.221. The molecule has 2 aliphatic heterocycles. The van der Waals surface area contributed by atoms with Gasteiger partial charge in [-0.15, -0.1) is 24.0 Å². The van der Waals surface area contributed by atoms with Crippen LogP contribution in [0.25, 0.3) is 0 Å². The van der Waals surface area contributed by atoms with E-state index in [1.807, 2.05) is 24.0 Å². The molecule has 0 aromatic heterocycles. The lowest BCUT2D eigenvalue weighted by Gasteiger charge is -2.34. The zero-order valence-electron chi connectivity index (χ0n) is 17.7. The van der Waals surface area contributed by atoms with Crippen LogP contribution in [-0.2, 0) is 20.8 Å². The summed E-state index contributed by atoms with van der Waals surface area (Å²) in [4.78, 5) is 20.5. The fourth-order valence-corrected chi connectivity index (χ4v) is 3.86. The van der Waals surface area contributed by atoms with Gasteiger partial charge in [0, 0.05) is 39.8 Å². The van der Waals surface area contributed by atoms with Crippen molar-refractivity contribution in [1.82, 2.24) is 10.2 Å². The second-order valence-corrected chi connectivity index (χ2v) is 7.32. The molecule has 2 aliphatic rings. The van der Waals surface area contributed by atoms with E-state index >= 15 is 0 Å². The summed E-state index contributed by atoms with van der Waals surface area (Å²) in [6.07, 6.45) is 1.74. The minimum Gasteiger partial charge on any atom is -0.466 e. The first kappa shape index (κ1) is 24.6. The molecule has 0 aliphatic carbocycles. The molecule has 0 spiro atoms. The Morgan fingerprint density at radius 2 is 2.10 bits per heavy atom. The summed E-state index contributed by atoms with van der Waals surface area (Å²) in [7, 11) is 1.72. The van der Waals surface area contributed by atoms with E-state index in [-0.39, 0.29) is 41.7 Å². The predicted octanol–water partition coefficient (Wildman–Crippen LogP) is 2.63. The van der Waals surface area contributed by atoms with E-state index < -0.39 is 0 Å². The summed E-state index contributed by atoms with van der Waals surface area (Å²) in [5, 5.41) is 3.30. The molecule has 168 valence electrons. The number of guanidine groups is 1. The molecular formula is C21H32FIN4O3. The van der Waals surface area contributed by atoms with Crippen molar-refractivity contribution in [3.05, 3.63) is 29.6 Å². The van der Waals surface area contributed by atoms with Crippen LogP contribution in [-0.4, -0.2) is 69.9 Å². The molecule has 1 N–H and O–H groups in total. The van der Waals surface area contributed by atoms with Crippen molar-refractivity contribution in [2.24, 2.45) is 10.9 Å². The monoisotopic (exact) mass is 534 g/mol. The number of halogens is 2. The largest absolute Gasteiger partial charge is 0.466 e. The maximum Gasteiger partial charge on any atom is 0.310 e. The Balaban J connectivity index is 0.00000320. The minimum absolute atomic E-state index is 0. The van der Waals surface area contributed by atoms with Crippen molar-refractivity contribution >= 4 is 41.6 Å². The van der Waals surface area contributed by atoms with Gasteiger partial charge in [0.2, 0.25) is 0 Å². The molecule has 0 bridgehead atoms. The first-order valence-corrected chi connectivity index (χ1v) is 10.4. The van der Waals surface area contributed by atoms with Gasteiger partial charge < -0.3 is 24.6 Å². The average Bonchev–Trinajstić information content (AvgIpc) is 2.75. The van der Waals surface area contributed by atoms with Crippen molar-refractivity contribution in [3.8, 4) is 0 Å². The Bertz CT molecular complexity index is 728. The van der Waals surface area contributed by atoms with E-state index in [0.717, 1.165) is 30.9 Å². The highest BCUT2D eigenvalue weighted by molar-refractivity contribution is 14.0. The number of hydrogen-bond donors (Lipinski definition) is 1. The number of nitrogens with zero attached hydrogens (tertiary/aromatic N) is 3. The van der Waals surface area contributed by atoms with Crippen LogP contribution in [0, 0.1) is 11.7 Å². The van der Waals surface area contributed by atoms with Crippen LogP contribution < -0.4 is 10.2 Å². The highest BCUT2D eigenvalue weighted by atomic mass is 127. The average molecular weight is 534 g/mol. The highest BCUT2D eigenvalue weighted by Crippen LogP contribution is 2.22. The molecule has 2 fully saturated rings. The Labute approximate surface area is 195 Å². The number of piperidine rings is 1. The number of esters is 1. The van der Waals surface area contributed by atoms with Gasteiger partial charge in [-0.2, -0.15) is 0 Å². The first-order valence-electron chi connectivity index (χ1n) is 10.4. The van der Waals surface area contributed by atoms with Gasteiger partial charge in [-0.1, -0.05) is 6.07 Å². The van der Waals surface area contributed by atoms with Crippen molar-refractivity contribution in [2.45, 2.75) is 26.3 Å². The third-order valence-corrected chi connectivity index (χ3v) is 5.37. The van der Waals surface area contributed by atoms with Gasteiger partial charge in [0.25, 0.3) is 0 Å². The lowest BCUT2D eigenvalue weighted by atomic mass is 9.98. The van der Waals surface area contributed by atoms with Crippen LogP contribution in [0.2, 0.25) is 0 Å². The van der Waals surface area contributed by atoms with Gasteiger partial charge in [0.05, 0.1) is 31.4 Å². The van der Waals surface area contributed by atoms with Crippen molar-refractivity contribution in [3.63, 3.8) is 0 Å². The Morgan fingerprint density at radius 1 is 1.33 bits per heavy atom. The summed E-state index contributed by atoms with van der Waals surface area (Å²) in [5.41, 5.74) is 1.47. The van der Waals surface area contributed by atoms with E-state index in [9.17, 15) is 9.18 Å². The number of morpholine rings is 1. The van der Waals surface area contributed by atoms with E-state index in [4.69, 9.17) is 9.47 Å². The summed E-state index contributed by atoms with van der Waals surface area (Å²) < 4.78 is 25.1. The zero-order chi connectivity index (χ0) is 20.6. The van der Waals surface area contributed by atoms with Crippen LogP contribution in [0.15, 0.2) is 23.2 Å². The van der Waals surface area contributed by atoms with Gasteiger partial charge in [0.15, 0.2) is 5.96 Å². The molecule has 1 aromatic rings. The molecule has 1 aromatic carbocycles. The normalized spacial score (nSPS) is 19.8. The highest BCUT2D eigenvalue weighted by Gasteiger charge is 2.28. The number of ether oxygens (including phenoxy) is 2. The van der Waals surface area contributed by atoms with Crippen molar-refractivity contribution in [2.75, 3.05) is 57.9 Å². The molecule has 30 heavy (non-hydrogen) atoms. The maximum absolute atomic E-state index is 14.6. The maximum atomic E-state index is 14.6. The second kappa shape index (κ2) is 12.3. The standard InChI is InChI=1S/C21H31FN4O3.HI/c1-3-29-20(27)17-5-4-8-26(15-17)21(23-2)24-14-16-6-7-19(18(22)13-16)25-9-11-28-12-10-25;/h6-7,13,17H,3-5,8-12,14-15H2,1-2H3,(H,23,24);1H. The number of nitrogens with one attached hydrogen (secondary N) is 1. The van der Waals surface area contributed by atoms with Crippen molar-refractivity contribution in [1.29, 1.82) is 0 Å². The summed E-state index contributed by atoms with van der Waals surface area (Å²) >= 11 is 0. The van der Waals surface area contributed by atoms with Gasteiger partial charge in [-0.25, -0.2) is 4.39 Å². The van der Waals surface area contributed by atoms with Gasteiger partial charge >= 0.3 is 5.97 Å². The molecule has 2 heterocycles. The summed E-state index contributed by atoms with van der Waals surface area (Å²) in [5.74, 6) is 0.221. The summed E-state index contributed by atoms with van der Waals surface area (Å²) in [6.45, 7) is 6.77. The molecule has 1 atom stereocenters. The summed E-state index contributed by atoms with van der Waals surface area (Å²) in [6, 6.07) is 5.34. The van der Waals surface area contributed by atoms with E-state index in [2.05, 4.69) is 15.2 Å². The number of benzene rings is 1. The van der Waals surface area contributed by atoms with E-state index in [0.29, 0.717) is 51.7 Å². The van der Waals surface area contributed by atoms with Crippen LogP contribution in [0.1, 0.15) is 25.3 Å². The van der Waals surface area contributed by atoms with E-state index in [1.165, 1.54) is 0 Å². The molecule has 1 unspecified atom stereocenters. The van der Waals surface area contributed by atoms with Gasteiger partial charge in [0.1, 0.15) is 5.82 Å². The Hall–Kier alpha value is -1.62. The lowest BCUT2D eigenvalue weighted by Crippen LogP contribution is -2.48. The lowest BCUT2D eigenvalue weighted by molar-refractivity contribution is -0.149. The topological polar surface area (TPSA) is 66.4 Å². The number of aliphatic imine (C=N–C) groups is 1. The van der Waals surface area contributed by atoms with Crippen LogP contribution >= 0.6 is 24.0 Å². The van der Waals surface area contributed by atoms with Gasteiger partial charge in [-0.05, 0) is 37.5 Å². The number of hydrogen-bond acceptors (Lipinski definition) is 5. The van der Waals surface area contributed by atoms with Crippen molar-refractivity contribution < 1.29 is 18.7 Å².